The molecule has 0 unspecified atom stereocenters. The van der Waals surface area contributed by atoms with Gasteiger partial charge in [-0.1, -0.05) is 0 Å². The van der Waals surface area contributed by atoms with E-state index in [1.165, 1.54) is 12.1 Å². The average Bonchev–Trinajstić information content (AvgIpc) is 2.03. The third-order valence-corrected chi connectivity index (χ3v) is 1.71. The molecule has 0 amide bonds. The van der Waals surface area contributed by atoms with Gasteiger partial charge in [0.05, 0.1) is 0 Å². The zero-order chi connectivity index (χ0) is 9.68. The predicted octanol–water partition coefficient (Wildman–Crippen LogP) is 2.29. The summed E-state index contributed by atoms with van der Waals surface area (Å²) in [6.07, 6.45) is 0. The Morgan fingerprint density at radius 3 is 2.31 bits per heavy atom. The van der Waals surface area contributed by atoms with Crippen LogP contribution >= 0.6 is 11.6 Å². The van der Waals surface area contributed by atoms with E-state index < -0.39 is 11.6 Å². The van der Waals surface area contributed by atoms with Crippen molar-refractivity contribution in [1.29, 1.82) is 0 Å². The monoisotopic (exact) mass is 205 g/mol. The molecule has 0 saturated heterocycles. The highest BCUT2D eigenvalue weighted by Gasteiger charge is 1.99. The van der Waals surface area contributed by atoms with Crippen LogP contribution in [0.5, 0.6) is 0 Å². The molecule has 0 aliphatic rings. The zero-order valence-electron chi connectivity index (χ0n) is 6.99. The first-order valence-corrected chi connectivity index (χ1v) is 4.47. The second kappa shape index (κ2) is 5.14. The summed E-state index contributed by atoms with van der Waals surface area (Å²) in [5.41, 5.74) is 0.586. The van der Waals surface area contributed by atoms with E-state index in [0.29, 0.717) is 24.5 Å². The Kier molecular flexibility index (Phi) is 4.12. The lowest BCUT2D eigenvalue weighted by molar-refractivity contribution is 0.576. The Bertz CT molecular complexity index is 258. The summed E-state index contributed by atoms with van der Waals surface area (Å²) < 4.78 is 25.3. The topological polar surface area (TPSA) is 12.0 Å². The van der Waals surface area contributed by atoms with Crippen molar-refractivity contribution in [2.45, 2.75) is 6.54 Å². The van der Waals surface area contributed by atoms with Gasteiger partial charge in [0.25, 0.3) is 0 Å². The quantitative estimate of drug-likeness (QED) is 0.588. The SMILES string of the molecule is Fc1cc(F)cc(CNCCCl)c1. The largest absolute Gasteiger partial charge is 0.311 e. The minimum absolute atomic E-state index is 0.432. The Morgan fingerprint density at radius 2 is 1.77 bits per heavy atom. The van der Waals surface area contributed by atoms with Gasteiger partial charge in [0, 0.05) is 25.0 Å². The van der Waals surface area contributed by atoms with Crippen molar-refractivity contribution in [3.05, 3.63) is 35.4 Å². The average molecular weight is 206 g/mol. The molecule has 1 nitrogen and oxygen atoms in total. The number of hydrogen-bond donors (Lipinski definition) is 1. The number of hydrogen-bond acceptors (Lipinski definition) is 1. The smallest absolute Gasteiger partial charge is 0.126 e. The van der Waals surface area contributed by atoms with Crippen LogP contribution in [0, 0.1) is 11.6 Å². The van der Waals surface area contributed by atoms with E-state index in [9.17, 15) is 8.78 Å². The third-order valence-electron chi connectivity index (χ3n) is 1.52. The number of halogens is 3. The molecule has 1 rings (SSSR count). The predicted molar refractivity (Wildman–Crippen MR) is 48.8 cm³/mol. The Balaban J connectivity index is 2.56. The molecule has 0 heterocycles. The molecule has 1 N–H and O–H groups in total. The standard InChI is InChI=1S/C9H10ClF2N/c10-1-2-13-6-7-3-8(11)5-9(12)4-7/h3-5,13H,1-2,6H2. The third kappa shape index (κ3) is 3.70. The van der Waals surface area contributed by atoms with Crippen molar-refractivity contribution >= 4 is 11.6 Å². The summed E-state index contributed by atoms with van der Waals surface area (Å²) in [6, 6.07) is 3.44. The fourth-order valence-corrected chi connectivity index (χ4v) is 1.15. The first kappa shape index (κ1) is 10.4. The normalized spacial score (nSPS) is 10.4. The summed E-state index contributed by atoms with van der Waals surface area (Å²) in [4.78, 5) is 0. The summed E-state index contributed by atoms with van der Waals surface area (Å²) in [6.45, 7) is 1.06. The zero-order valence-corrected chi connectivity index (χ0v) is 7.74. The molecule has 0 aliphatic heterocycles. The second-order valence-electron chi connectivity index (χ2n) is 2.64. The summed E-state index contributed by atoms with van der Waals surface area (Å²) in [5.74, 6) is -0.622. The van der Waals surface area contributed by atoms with Gasteiger partial charge in [0.1, 0.15) is 11.6 Å². The molecule has 0 spiro atoms. The summed E-state index contributed by atoms with van der Waals surface area (Å²) in [7, 11) is 0. The fraction of sp³-hybridized carbons (Fsp3) is 0.333. The highest BCUT2D eigenvalue weighted by molar-refractivity contribution is 6.18. The van der Waals surface area contributed by atoms with Crippen LogP contribution in [0.4, 0.5) is 8.78 Å². The van der Waals surface area contributed by atoms with Crippen LogP contribution in [0.3, 0.4) is 0 Å². The molecule has 72 valence electrons. The first-order valence-electron chi connectivity index (χ1n) is 3.94. The van der Waals surface area contributed by atoms with Gasteiger partial charge in [-0.3, -0.25) is 0 Å². The van der Waals surface area contributed by atoms with Crippen LogP contribution in [0.25, 0.3) is 0 Å². The Hall–Kier alpha value is -0.670. The van der Waals surface area contributed by atoms with Crippen molar-refractivity contribution in [2.24, 2.45) is 0 Å². The highest BCUT2D eigenvalue weighted by Crippen LogP contribution is 2.07. The fourth-order valence-electron chi connectivity index (χ4n) is 1.01. The van der Waals surface area contributed by atoms with E-state index in [1.807, 2.05) is 0 Å². The molecular formula is C9H10ClF2N. The van der Waals surface area contributed by atoms with Crippen LogP contribution < -0.4 is 5.32 Å². The first-order chi connectivity index (χ1) is 6.22. The van der Waals surface area contributed by atoms with Crippen molar-refractivity contribution in [1.82, 2.24) is 5.32 Å². The van der Waals surface area contributed by atoms with Gasteiger partial charge < -0.3 is 5.32 Å². The van der Waals surface area contributed by atoms with Crippen molar-refractivity contribution in [3.8, 4) is 0 Å². The molecular weight excluding hydrogens is 196 g/mol. The van der Waals surface area contributed by atoms with Gasteiger partial charge in [0.15, 0.2) is 0 Å². The van der Waals surface area contributed by atoms with Crippen LogP contribution in [0.2, 0.25) is 0 Å². The van der Waals surface area contributed by atoms with E-state index in [2.05, 4.69) is 5.32 Å². The van der Waals surface area contributed by atoms with Crippen LogP contribution in [0.1, 0.15) is 5.56 Å². The lowest BCUT2D eigenvalue weighted by Gasteiger charge is -2.02. The molecule has 0 radical (unpaired) electrons. The van der Waals surface area contributed by atoms with E-state index in [4.69, 9.17) is 11.6 Å². The van der Waals surface area contributed by atoms with E-state index in [1.54, 1.807) is 0 Å². The molecule has 0 aromatic heterocycles. The minimum atomic E-state index is -0.553. The summed E-state index contributed by atoms with van der Waals surface area (Å²) in [5, 5.41) is 2.94. The maximum Gasteiger partial charge on any atom is 0.126 e. The second-order valence-corrected chi connectivity index (χ2v) is 3.02. The Morgan fingerprint density at radius 1 is 1.15 bits per heavy atom. The molecule has 0 aliphatic carbocycles. The van der Waals surface area contributed by atoms with E-state index in [0.717, 1.165) is 6.07 Å². The molecule has 13 heavy (non-hydrogen) atoms. The van der Waals surface area contributed by atoms with Crippen molar-refractivity contribution in [3.63, 3.8) is 0 Å². The molecule has 0 fully saturated rings. The van der Waals surface area contributed by atoms with Gasteiger partial charge in [-0.05, 0) is 17.7 Å². The maximum atomic E-state index is 12.6. The lowest BCUT2D eigenvalue weighted by Crippen LogP contribution is -2.15. The van der Waals surface area contributed by atoms with Crippen LogP contribution in [0.15, 0.2) is 18.2 Å². The number of alkyl halides is 1. The van der Waals surface area contributed by atoms with Gasteiger partial charge >= 0.3 is 0 Å². The highest BCUT2D eigenvalue weighted by atomic mass is 35.5. The summed E-state index contributed by atoms with van der Waals surface area (Å²) >= 11 is 5.42. The van der Waals surface area contributed by atoms with Gasteiger partial charge in [-0.25, -0.2) is 8.78 Å². The van der Waals surface area contributed by atoms with E-state index >= 15 is 0 Å². The van der Waals surface area contributed by atoms with Gasteiger partial charge in [-0.15, -0.1) is 11.6 Å². The Labute approximate surface area is 80.7 Å². The number of nitrogens with one attached hydrogen (secondary N) is 1. The van der Waals surface area contributed by atoms with Crippen LogP contribution in [-0.2, 0) is 6.54 Å². The van der Waals surface area contributed by atoms with Crippen molar-refractivity contribution in [2.75, 3.05) is 12.4 Å². The van der Waals surface area contributed by atoms with Crippen LogP contribution in [-0.4, -0.2) is 12.4 Å². The minimum Gasteiger partial charge on any atom is -0.311 e. The van der Waals surface area contributed by atoms with Gasteiger partial charge in [0.2, 0.25) is 0 Å². The molecule has 1 aromatic carbocycles. The lowest BCUT2D eigenvalue weighted by atomic mass is 10.2. The number of benzene rings is 1. The van der Waals surface area contributed by atoms with Crippen molar-refractivity contribution < 1.29 is 8.78 Å². The van der Waals surface area contributed by atoms with Gasteiger partial charge in [-0.2, -0.15) is 0 Å². The van der Waals surface area contributed by atoms with E-state index in [-0.39, 0.29) is 0 Å². The molecule has 0 atom stereocenters. The molecule has 4 heteroatoms. The molecule has 1 aromatic rings. The molecule has 0 saturated carbocycles. The number of rotatable bonds is 4. The molecule has 0 bridgehead atoms. The maximum absolute atomic E-state index is 12.6.